The van der Waals surface area contributed by atoms with Gasteiger partial charge in [-0.1, -0.05) is 33.1 Å². The van der Waals surface area contributed by atoms with E-state index in [0.717, 1.165) is 13.0 Å². The molecular weight excluding hydrogens is 222 g/mol. The first-order chi connectivity index (χ1) is 8.54. The molecule has 0 atom stereocenters. The van der Waals surface area contributed by atoms with Gasteiger partial charge in [-0.15, -0.1) is 0 Å². The minimum absolute atomic E-state index is 1.09. The molecular formula is C15H33N3. The largest absolute Gasteiger partial charge is 0.385 e. The highest BCUT2D eigenvalue weighted by Gasteiger charge is 2.10. The van der Waals surface area contributed by atoms with Crippen molar-refractivity contribution in [2.45, 2.75) is 52.4 Å². The molecule has 18 heavy (non-hydrogen) atoms. The van der Waals surface area contributed by atoms with Crippen molar-refractivity contribution in [2.24, 2.45) is 0 Å². The number of rotatable bonds is 10. The standard InChI is InChI=1S/C15H33N3/c1-7-9-11-12-14(16-13-10-8-2)15(17(3)4)18(5)6/h16H,7-13H2,1-6H3. The van der Waals surface area contributed by atoms with E-state index >= 15 is 0 Å². The van der Waals surface area contributed by atoms with Crippen LogP contribution in [0.2, 0.25) is 0 Å². The summed E-state index contributed by atoms with van der Waals surface area (Å²) in [6.45, 7) is 5.58. The Morgan fingerprint density at radius 2 is 1.39 bits per heavy atom. The summed E-state index contributed by atoms with van der Waals surface area (Å²) in [6.07, 6.45) is 7.51. The van der Waals surface area contributed by atoms with Gasteiger partial charge in [0.25, 0.3) is 0 Å². The average Bonchev–Trinajstić information content (AvgIpc) is 2.28. The molecule has 0 saturated heterocycles. The summed E-state index contributed by atoms with van der Waals surface area (Å²) < 4.78 is 0. The molecule has 0 radical (unpaired) electrons. The lowest BCUT2D eigenvalue weighted by molar-refractivity contribution is 0.327. The van der Waals surface area contributed by atoms with E-state index in [4.69, 9.17) is 0 Å². The molecule has 0 amide bonds. The van der Waals surface area contributed by atoms with E-state index in [0.29, 0.717) is 0 Å². The third kappa shape index (κ3) is 6.77. The molecule has 0 aromatic heterocycles. The minimum Gasteiger partial charge on any atom is -0.385 e. The van der Waals surface area contributed by atoms with Gasteiger partial charge in [-0.2, -0.15) is 0 Å². The molecule has 1 N–H and O–H groups in total. The third-order valence-electron chi connectivity index (χ3n) is 3.02. The first kappa shape index (κ1) is 17.1. The first-order valence-electron chi connectivity index (χ1n) is 7.36. The maximum Gasteiger partial charge on any atom is 0.122 e. The molecule has 0 heterocycles. The summed E-state index contributed by atoms with van der Waals surface area (Å²) in [5, 5.41) is 3.64. The molecule has 3 nitrogen and oxygen atoms in total. The number of hydrogen-bond donors (Lipinski definition) is 1. The summed E-state index contributed by atoms with van der Waals surface area (Å²) >= 11 is 0. The zero-order valence-corrected chi connectivity index (χ0v) is 13.3. The van der Waals surface area contributed by atoms with Gasteiger partial charge in [-0.3, -0.25) is 0 Å². The lowest BCUT2D eigenvalue weighted by Gasteiger charge is -2.29. The molecule has 0 rings (SSSR count). The van der Waals surface area contributed by atoms with Gasteiger partial charge in [0.2, 0.25) is 0 Å². The van der Waals surface area contributed by atoms with Crippen LogP contribution in [0.3, 0.4) is 0 Å². The van der Waals surface area contributed by atoms with Crippen molar-refractivity contribution >= 4 is 0 Å². The van der Waals surface area contributed by atoms with Gasteiger partial charge in [0.15, 0.2) is 0 Å². The van der Waals surface area contributed by atoms with E-state index < -0.39 is 0 Å². The van der Waals surface area contributed by atoms with E-state index in [-0.39, 0.29) is 0 Å². The zero-order valence-electron chi connectivity index (χ0n) is 13.3. The second-order valence-corrected chi connectivity index (χ2v) is 5.33. The van der Waals surface area contributed by atoms with Crippen LogP contribution in [0.1, 0.15) is 52.4 Å². The van der Waals surface area contributed by atoms with Gasteiger partial charge in [-0.25, -0.2) is 0 Å². The molecule has 0 aliphatic rings. The smallest absolute Gasteiger partial charge is 0.122 e. The van der Waals surface area contributed by atoms with Crippen molar-refractivity contribution in [3.8, 4) is 0 Å². The van der Waals surface area contributed by atoms with E-state index in [9.17, 15) is 0 Å². The molecule has 0 aromatic carbocycles. The average molecular weight is 255 g/mol. The Bertz CT molecular complexity index is 210. The summed E-state index contributed by atoms with van der Waals surface area (Å²) in [6, 6.07) is 0. The highest BCUT2D eigenvalue weighted by Crippen LogP contribution is 2.15. The van der Waals surface area contributed by atoms with Crippen molar-refractivity contribution in [2.75, 3.05) is 34.7 Å². The van der Waals surface area contributed by atoms with E-state index in [1.807, 2.05) is 0 Å². The molecule has 0 saturated carbocycles. The molecule has 3 heteroatoms. The predicted octanol–water partition coefficient (Wildman–Crippen LogP) is 3.25. The van der Waals surface area contributed by atoms with Crippen molar-refractivity contribution in [3.05, 3.63) is 11.5 Å². The Labute approximate surface area is 114 Å². The van der Waals surface area contributed by atoms with Crippen LogP contribution in [0.25, 0.3) is 0 Å². The second-order valence-electron chi connectivity index (χ2n) is 5.33. The monoisotopic (exact) mass is 255 g/mol. The van der Waals surface area contributed by atoms with Crippen LogP contribution < -0.4 is 5.32 Å². The van der Waals surface area contributed by atoms with Gasteiger partial charge >= 0.3 is 0 Å². The fourth-order valence-electron chi connectivity index (χ4n) is 2.19. The van der Waals surface area contributed by atoms with Crippen molar-refractivity contribution in [3.63, 3.8) is 0 Å². The molecule has 0 fully saturated rings. The van der Waals surface area contributed by atoms with Gasteiger partial charge in [-0.05, 0) is 19.3 Å². The number of nitrogens with one attached hydrogen (secondary N) is 1. The van der Waals surface area contributed by atoms with Crippen LogP contribution in [-0.2, 0) is 0 Å². The van der Waals surface area contributed by atoms with Crippen LogP contribution in [0.5, 0.6) is 0 Å². The molecule has 0 spiro atoms. The van der Waals surface area contributed by atoms with Crippen molar-refractivity contribution in [1.82, 2.24) is 15.1 Å². The number of unbranched alkanes of at least 4 members (excludes halogenated alkanes) is 3. The summed E-state index contributed by atoms with van der Waals surface area (Å²) in [4.78, 5) is 4.42. The summed E-state index contributed by atoms with van der Waals surface area (Å²) in [7, 11) is 8.49. The fourth-order valence-corrected chi connectivity index (χ4v) is 2.19. The molecule has 0 aliphatic heterocycles. The van der Waals surface area contributed by atoms with Gasteiger partial charge < -0.3 is 15.1 Å². The zero-order chi connectivity index (χ0) is 14.0. The Morgan fingerprint density at radius 3 is 1.83 bits per heavy atom. The molecule has 0 aliphatic carbocycles. The second kappa shape index (κ2) is 10.1. The lowest BCUT2D eigenvalue weighted by Crippen LogP contribution is -2.31. The van der Waals surface area contributed by atoms with E-state index in [1.54, 1.807) is 0 Å². The van der Waals surface area contributed by atoms with Crippen LogP contribution >= 0.6 is 0 Å². The van der Waals surface area contributed by atoms with Gasteiger partial charge in [0.05, 0.1) is 5.70 Å². The predicted molar refractivity (Wildman–Crippen MR) is 81.5 cm³/mol. The fraction of sp³-hybridized carbons (Fsp3) is 0.867. The van der Waals surface area contributed by atoms with Crippen LogP contribution in [0.4, 0.5) is 0 Å². The number of allylic oxidation sites excluding steroid dienone is 1. The Kier molecular flexibility index (Phi) is 9.62. The first-order valence-corrected chi connectivity index (χ1v) is 7.36. The van der Waals surface area contributed by atoms with E-state index in [2.05, 4.69) is 57.2 Å². The highest BCUT2D eigenvalue weighted by molar-refractivity contribution is 5.09. The topological polar surface area (TPSA) is 18.5 Å². The Balaban J connectivity index is 4.70. The van der Waals surface area contributed by atoms with Gasteiger partial charge in [0.1, 0.15) is 5.82 Å². The Morgan fingerprint density at radius 1 is 0.833 bits per heavy atom. The molecule has 0 aromatic rings. The van der Waals surface area contributed by atoms with Crippen molar-refractivity contribution < 1.29 is 0 Å². The maximum atomic E-state index is 3.64. The minimum atomic E-state index is 1.09. The molecule has 0 bridgehead atoms. The maximum absolute atomic E-state index is 3.64. The van der Waals surface area contributed by atoms with Crippen LogP contribution in [-0.4, -0.2) is 44.5 Å². The highest BCUT2D eigenvalue weighted by atomic mass is 15.3. The lowest BCUT2D eigenvalue weighted by atomic mass is 10.1. The van der Waals surface area contributed by atoms with Crippen molar-refractivity contribution in [1.29, 1.82) is 0 Å². The quantitative estimate of drug-likeness (QED) is 0.605. The van der Waals surface area contributed by atoms with Crippen LogP contribution in [0, 0.1) is 0 Å². The molecule has 0 unspecified atom stereocenters. The number of hydrogen-bond acceptors (Lipinski definition) is 3. The molecule has 108 valence electrons. The summed E-state index contributed by atoms with van der Waals surface area (Å²) in [5.41, 5.74) is 1.40. The van der Waals surface area contributed by atoms with Gasteiger partial charge in [0, 0.05) is 34.7 Å². The normalized spacial score (nSPS) is 10.1. The van der Waals surface area contributed by atoms with E-state index in [1.165, 1.54) is 43.6 Å². The SMILES string of the molecule is CCCCCC(NCCCC)=C(N(C)C)N(C)C. The Hall–Kier alpha value is -0.860. The van der Waals surface area contributed by atoms with Crippen LogP contribution in [0.15, 0.2) is 11.5 Å². The summed E-state index contributed by atoms with van der Waals surface area (Å²) in [5.74, 6) is 1.31. The number of nitrogens with zero attached hydrogens (tertiary/aromatic N) is 2. The third-order valence-corrected chi connectivity index (χ3v) is 3.02.